The quantitative estimate of drug-likeness (QED) is 0.317. The molecule has 51 heavy (non-hydrogen) atoms. The molecule has 2 N–H and O–H groups in total. The molecule has 4 bridgehead atoms. The van der Waals surface area contributed by atoms with E-state index in [4.69, 9.17) is 9.47 Å². The third-order valence-electron chi connectivity index (χ3n) is 11.5. The van der Waals surface area contributed by atoms with Gasteiger partial charge in [-0.05, 0) is 80.4 Å². The standard InChI is InChI=1S/C38H48N4O8S/c1-2-27-22-38(27,37(46)41-51(47,48)29-14-15-29)40-34(44)32-20-28-23-42(32)36(45)31(25-10-6-7-11-25)21-33(43)49-18-8-4-3-5-9-24-12-13-26-16-17-39-35(50-28)30(26)19-24/h2,12-13,16-17,19,25,27-29,31-32H,1,3-11,14-15,18,20-23H2,(H,40,44)(H,41,46)/t27-,28+,31-,32-,38+/m0/s1. The van der Waals surface area contributed by atoms with Gasteiger partial charge in [-0.15, -0.1) is 6.58 Å². The molecule has 1 saturated heterocycles. The first-order valence-corrected chi connectivity index (χ1v) is 20.1. The molecule has 0 spiro atoms. The average Bonchev–Trinajstić information content (AvgIpc) is 3.99. The second-order valence-electron chi connectivity index (χ2n) is 15.1. The fourth-order valence-corrected chi connectivity index (χ4v) is 9.59. The Morgan fingerprint density at radius 3 is 2.55 bits per heavy atom. The summed E-state index contributed by atoms with van der Waals surface area (Å²) in [5.41, 5.74) is -0.347. The Bertz CT molecular complexity index is 1810. The van der Waals surface area contributed by atoms with Gasteiger partial charge in [0.2, 0.25) is 27.7 Å². The van der Waals surface area contributed by atoms with Gasteiger partial charge in [0.15, 0.2) is 0 Å². The number of aryl methyl sites for hydroxylation is 1. The SMILES string of the molecule is C=C[C@H]1C[C@]1(NC(=O)[C@@H]1C[C@@H]2CN1C(=O)[C@H](C1CCCC1)CC(=O)OCCCCCCc1ccc3ccnc(c3c1)O2)C(=O)NS(=O)(=O)C1CC1. The molecule has 3 saturated carbocycles. The number of aromatic nitrogens is 1. The van der Waals surface area contributed by atoms with Gasteiger partial charge in [0.1, 0.15) is 17.7 Å². The van der Waals surface area contributed by atoms with Crippen LogP contribution in [0.25, 0.3) is 10.8 Å². The predicted octanol–water partition coefficient (Wildman–Crippen LogP) is 4.11. The largest absolute Gasteiger partial charge is 0.472 e. The Hall–Kier alpha value is -4.00. The zero-order valence-electron chi connectivity index (χ0n) is 29.0. The summed E-state index contributed by atoms with van der Waals surface area (Å²) in [4.78, 5) is 61.6. The molecular weight excluding hydrogens is 673 g/mol. The number of fused-ring (bicyclic) bond motifs is 3. The number of cyclic esters (lactones) is 1. The maximum absolute atomic E-state index is 14.6. The number of carbonyl (C=O) groups is 4. The summed E-state index contributed by atoms with van der Waals surface area (Å²) in [6, 6.07) is 7.13. The smallest absolute Gasteiger partial charge is 0.306 e. The summed E-state index contributed by atoms with van der Waals surface area (Å²) in [5, 5.41) is 4.05. The van der Waals surface area contributed by atoms with E-state index in [0.717, 1.165) is 74.1 Å². The average molecular weight is 721 g/mol. The molecule has 3 heterocycles. The highest BCUT2D eigenvalue weighted by atomic mass is 32.2. The van der Waals surface area contributed by atoms with Crippen molar-refractivity contribution < 1.29 is 37.1 Å². The number of carbonyl (C=O) groups excluding carboxylic acids is 4. The Morgan fingerprint density at radius 2 is 1.80 bits per heavy atom. The maximum Gasteiger partial charge on any atom is 0.306 e. The second kappa shape index (κ2) is 14.6. The highest BCUT2D eigenvalue weighted by molar-refractivity contribution is 7.91. The summed E-state index contributed by atoms with van der Waals surface area (Å²) < 4.78 is 39.7. The van der Waals surface area contributed by atoms with Crippen LogP contribution in [0, 0.1) is 17.8 Å². The summed E-state index contributed by atoms with van der Waals surface area (Å²) in [5.74, 6) is -2.88. The van der Waals surface area contributed by atoms with Crippen LogP contribution >= 0.6 is 0 Å². The van der Waals surface area contributed by atoms with E-state index in [9.17, 15) is 27.6 Å². The summed E-state index contributed by atoms with van der Waals surface area (Å²) in [6.45, 7) is 4.17. The van der Waals surface area contributed by atoms with Crippen LogP contribution in [0.1, 0.15) is 89.0 Å². The van der Waals surface area contributed by atoms with Gasteiger partial charge in [-0.1, -0.05) is 43.9 Å². The van der Waals surface area contributed by atoms with Gasteiger partial charge in [-0.25, -0.2) is 13.4 Å². The Labute approximate surface area is 299 Å². The number of esters is 1. The lowest BCUT2D eigenvalue weighted by Crippen LogP contribution is -2.57. The summed E-state index contributed by atoms with van der Waals surface area (Å²) in [7, 11) is -3.86. The minimum atomic E-state index is -3.86. The summed E-state index contributed by atoms with van der Waals surface area (Å²) in [6.07, 6.45) is 11.9. The van der Waals surface area contributed by atoms with Crippen LogP contribution in [0.15, 0.2) is 43.1 Å². The van der Waals surface area contributed by atoms with Crippen LogP contribution in [0.4, 0.5) is 0 Å². The molecule has 1 aromatic heterocycles. The molecule has 7 rings (SSSR count). The molecule has 274 valence electrons. The van der Waals surface area contributed by atoms with Gasteiger partial charge < -0.3 is 19.7 Å². The van der Waals surface area contributed by atoms with Crippen LogP contribution in [0.5, 0.6) is 5.88 Å². The molecule has 0 radical (unpaired) electrons. The fourth-order valence-electron chi connectivity index (χ4n) is 8.23. The number of hydrogen-bond donors (Lipinski definition) is 2. The lowest BCUT2D eigenvalue weighted by molar-refractivity contribution is -0.152. The van der Waals surface area contributed by atoms with Gasteiger partial charge >= 0.3 is 5.97 Å². The van der Waals surface area contributed by atoms with Crippen molar-refractivity contribution in [3.63, 3.8) is 0 Å². The van der Waals surface area contributed by atoms with Gasteiger partial charge in [0.25, 0.3) is 5.91 Å². The number of ether oxygens (including phenoxy) is 2. The molecule has 5 aliphatic rings. The molecule has 0 unspecified atom stereocenters. The van der Waals surface area contributed by atoms with E-state index in [0.29, 0.717) is 25.3 Å². The Kier molecular flexibility index (Phi) is 10.1. The van der Waals surface area contributed by atoms with Gasteiger partial charge in [0.05, 0.1) is 30.7 Å². The first-order chi connectivity index (χ1) is 24.6. The fraction of sp³-hybridized carbons (Fsp3) is 0.605. The number of pyridine rings is 1. The van der Waals surface area contributed by atoms with Gasteiger partial charge in [0, 0.05) is 23.9 Å². The number of amides is 3. The van der Waals surface area contributed by atoms with Gasteiger partial charge in [-0.2, -0.15) is 0 Å². The van der Waals surface area contributed by atoms with E-state index in [-0.39, 0.29) is 37.6 Å². The molecule has 3 aliphatic carbocycles. The molecular formula is C38H48N4O8S. The molecule has 2 aromatic rings. The van der Waals surface area contributed by atoms with E-state index < -0.39 is 62.6 Å². The third-order valence-corrected chi connectivity index (χ3v) is 13.3. The van der Waals surface area contributed by atoms with E-state index in [1.807, 2.05) is 12.1 Å². The molecule has 4 fully saturated rings. The monoisotopic (exact) mass is 720 g/mol. The minimum absolute atomic E-state index is 0.0284. The van der Waals surface area contributed by atoms with Crippen molar-refractivity contribution in [1.82, 2.24) is 19.9 Å². The highest BCUT2D eigenvalue weighted by Gasteiger charge is 2.62. The van der Waals surface area contributed by atoms with Crippen molar-refractivity contribution in [3.8, 4) is 5.88 Å². The number of sulfonamides is 1. The van der Waals surface area contributed by atoms with Crippen LogP contribution in [-0.4, -0.2) is 78.1 Å². The molecule has 3 amide bonds. The summed E-state index contributed by atoms with van der Waals surface area (Å²) >= 11 is 0. The lowest BCUT2D eigenvalue weighted by atomic mass is 9.86. The molecule has 1 aromatic carbocycles. The third kappa shape index (κ3) is 7.64. The molecule has 12 nitrogen and oxygen atoms in total. The van der Waals surface area contributed by atoms with Crippen molar-refractivity contribution >= 4 is 44.5 Å². The molecule has 2 aliphatic heterocycles. The normalized spacial score (nSPS) is 29.4. The predicted molar refractivity (Wildman–Crippen MR) is 189 cm³/mol. The number of nitrogens with one attached hydrogen (secondary N) is 2. The highest BCUT2D eigenvalue weighted by Crippen LogP contribution is 2.46. The van der Waals surface area contributed by atoms with Crippen LogP contribution in [0.2, 0.25) is 0 Å². The van der Waals surface area contributed by atoms with Crippen LogP contribution in [0.3, 0.4) is 0 Å². The first-order valence-electron chi connectivity index (χ1n) is 18.6. The van der Waals surface area contributed by atoms with E-state index in [2.05, 4.69) is 33.7 Å². The van der Waals surface area contributed by atoms with E-state index in [1.165, 1.54) is 11.0 Å². The maximum atomic E-state index is 14.6. The zero-order chi connectivity index (χ0) is 35.8. The van der Waals surface area contributed by atoms with Crippen molar-refractivity contribution in [2.75, 3.05) is 13.2 Å². The van der Waals surface area contributed by atoms with Crippen molar-refractivity contribution in [2.45, 2.75) is 113 Å². The number of nitrogens with zero attached hydrogens (tertiary/aromatic N) is 2. The lowest BCUT2D eigenvalue weighted by Gasteiger charge is -2.31. The van der Waals surface area contributed by atoms with Crippen molar-refractivity contribution in [2.24, 2.45) is 17.8 Å². The minimum Gasteiger partial charge on any atom is -0.472 e. The Balaban J connectivity index is 1.20. The Morgan fingerprint density at radius 1 is 1.02 bits per heavy atom. The van der Waals surface area contributed by atoms with Crippen LogP contribution in [-0.2, 0) is 40.4 Å². The van der Waals surface area contributed by atoms with Gasteiger partial charge in [-0.3, -0.25) is 23.9 Å². The van der Waals surface area contributed by atoms with E-state index >= 15 is 0 Å². The second-order valence-corrected chi connectivity index (χ2v) is 17.0. The molecule has 13 heteroatoms. The zero-order valence-corrected chi connectivity index (χ0v) is 29.8. The topological polar surface area (TPSA) is 161 Å². The number of benzene rings is 1. The van der Waals surface area contributed by atoms with E-state index in [1.54, 1.807) is 6.20 Å². The number of rotatable bonds is 7. The first kappa shape index (κ1) is 35.4. The van der Waals surface area contributed by atoms with Crippen LogP contribution < -0.4 is 14.8 Å². The van der Waals surface area contributed by atoms with Crippen molar-refractivity contribution in [3.05, 3.63) is 48.7 Å². The molecule has 5 atom stereocenters. The van der Waals surface area contributed by atoms with Crippen molar-refractivity contribution in [1.29, 1.82) is 0 Å². The number of hydrogen-bond acceptors (Lipinski definition) is 9.